The monoisotopic (exact) mass is 459 g/mol. The van der Waals surface area contributed by atoms with Crippen LogP contribution in [0.5, 0.6) is 5.75 Å². The number of carbonyl (C=O) groups is 1. The van der Waals surface area contributed by atoms with Crippen LogP contribution >= 0.6 is 0 Å². The van der Waals surface area contributed by atoms with Crippen molar-refractivity contribution in [2.45, 2.75) is 33.3 Å². The third-order valence-electron chi connectivity index (χ3n) is 6.13. The van der Waals surface area contributed by atoms with E-state index < -0.39 is 16.1 Å². The molecule has 1 fully saturated rings. The van der Waals surface area contributed by atoms with Gasteiger partial charge < -0.3 is 14.5 Å². The highest BCUT2D eigenvalue weighted by molar-refractivity contribution is 7.92. The molecule has 1 heterocycles. The Balaban J connectivity index is 1.61. The third-order valence-corrected chi connectivity index (χ3v) is 7.34. The highest BCUT2D eigenvalue weighted by Crippen LogP contribution is 2.25. The van der Waals surface area contributed by atoms with Gasteiger partial charge in [0.2, 0.25) is 10.0 Å². The van der Waals surface area contributed by atoms with E-state index in [0.717, 1.165) is 19.3 Å². The van der Waals surface area contributed by atoms with E-state index in [4.69, 9.17) is 4.74 Å². The molecule has 1 atom stereocenters. The Bertz CT molecular complexity index is 1050. The maximum absolute atomic E-state index is 13.1. The predicted octanol–water partition coefficient (Wildman–Crippen LogP) is 3.21. The third kappa shape index (κ3) is 5.35. The number of aryl methyl sites for hydroxylation is 1. The molecule has 3 rings (SSSR count). The van der Waals surface area contributed by atoms with Crippen LogP contribution in [0.25, 0.3) is 0 Å². The van der Waals surface area contributed by atoms with Gasteiger partial charge in [-0.05, 0) is 61.7 Å². The Morgan fingerprint density at radius 2 is 1.69 bits per heavy atom. The van der Waals surface area contributed by atoms with Crippen LogP contribution in [0.1, 0.15) is 24.5 Å². The van der Waals surface area contributed by atoms with Crippen LogP contribution < -0.4 is 13.9 Å². The zero-order chi connectivity index (χ0) is 23.5. The number of hydrogen-bond donors (Lipinski definition) is 0. The van der Waals surface area contributed by atoms with Crippen molar-refractivity contribution in [3.63, 3.8) is 0 Å². The van der Waals surface area contributed by atoms with Crippen LogP contribution in [0.15, 0.2) is 42.5 Å². The number of rotatable bonds is 7. The molecule has 0 aromatic heterocycles. The van der Waals surface area contributed by atoms with Crippen LogP contribution in [0.2, 0.25) is 0 Å². The predicted molar refractivity (Wildman–Crippen MR) is 129 cm³/mol. The van der Waals surface area contributed by atoms with Crippen molar-refractivity contribution in [2.75, 3.05) is 48.7 Å². The van der Waals surface area contributed by atoms with Crippen molar-refractivity contribution >= 4 is 27.3 Å². The van der Waals surface area contributed by atoms with Gasteiger partial charge in [0, 0.05) is 38.9 Å². The first-order valence-electron chi connectivity index (χ1n) is 10.9. The first-order valence-corrected chi connectivity index (χ1v) is 12.8. The summed E-state index contributed by atoms with van der Waals surface area (Å²) in [4.78, 5) is 17.3. The molecule has 174 valence electrons. The number of sulfonamides is 1. The van der Waals surface area contributed by atoms with Crippen molar-refractivity contribution in [1.82, 2.24) is 4.90 Å². The lowest BCUT2D eigenvalue weighted by molar-refractivity contribution is -0.139. The van der Waals surface area contributed by atoms with E-state index >= 15 is 0 Å². The average molecular weight is 460 g/mol. The second kappa shape index (κ2) is 9.81. The summed E-state index contributed by atoms with van der Waals surface area (Å²) in [6, 6.07) is 13.1. The largest absolute Gasteiger partial charge is 0.481 e. The minimum atomic E-state index is -3.33. The number of ether oxygens (including phenoxy) is 1. The van der Waals surface area contributed by atoms with Gasteiger partial charge in [-0.3, -0.25) is 9.10 Å². The van der Waals surface area contributed by atoms with E-state index in [1.165, 1.54) is 28.2 Å². The Morgan fingerprint density at radius 1 is 1.06 bits per heavy atom. The molecule has 0 spiro atoms. The Morgan fingerprint density at radius 3 is 2.25 bits per heavy atom. The maximum Gasteiger partial charge on any atom is 0.263 e. The van der Waals surface area contributed by atoms with E-state index in [9.17, 15) is 13.2 Å². The summed E-state index contributed by atoms with van der Waals surface area (Å²) in [6.45, 7) is 9.09. The maximum atomic E-state index is 13.1. The van der Waals surface area contributed by atoms with Crippen molar-refractivity contribution in [1.29, 1.82) is 0 Å². The summed E-state index contributed by atoms with van der Waals surface area (Å²) >= 11 is 0. The summed E-state index contributed by atoms with van der Waals surface area (Å²) in [5.41, 5.74) is 4.34. The fourth-order valence-corrected chi connectivity index (χ4v) is 4.35. The minimum absolute atomic E-state index is 0.00885. The number of amides is 1. The van der Waals surface area contributed by atoms with Gasteiger partial charge >= 0.3 is 0 Å². The molecule has 1 aliphatic heterocycles. The summed E-state index contributed by atoms with van der Waals surface area (Å²) in [5.74, 6) is 0.537. The lowest BCUT2D eigenvalue weighted by Crippen LogP contribution is -2.52. The van der Waals surface area contributed by atoms with Gasteiger partial charge in [0.05, 0.1) is 11.9 Å². The van der Waals surface area contributed by atoms with Crippen molar-refractivity contribution in [3.8, 4) is 5.75 Å². The van der Waals surface area contributed by atoms with E-state index in [0.29, 0.717) is 30.9 Å². The molecule has 1 saturated heterocycles. The van der Waals surface area contributed by atoms with Gasteiger partial charge in [-0.15, -0.1) is 0 Å². The van der Waals surface area contributed by atoms with Gasteiger partial charge in [0.15, 0.2) is 6.10 Å². The lowest BCUT2D eigenvalue weighted by atomic mass is 10.1. The minimum Gasteiger partial charge on any atom is -0.481 e. The molecule has 1 amide bonds. The lowest BCUT2D eigenvalue weighted by Gasteiger charge is -2.38. The molecule has 0 N–H and O–H groups in total. The van der Waals surface area contributed by atoms with E-state index in [1.807, 2.05) is 11.8 Å². The van der Waals surface area contributed by atoms with Gasteiger partial charge in [0.25, 0.3) is 5.91 Å². The Kier molecular flexibility index (Phi) is 7.33. The summed E-state index contributed by atoms with van der Waals surface area (Å²) in [6.07, 6.45) is 1.14. The van der Waals surface area contributed by atoms with Gasteiger partial charge in [-0.25, -0.2) is 8.42 Å². The van der Waals surface area contributed by atoms with Crippen LogP contribution in [0.3, 0.4) is 0 Å². The number of benzene rings is 2. The second-order valence-electron chi connectivity index (χ2n) is 8.27. The fraction of sp³-hybridized carbons (Fsp3) is 0.458. The highest BCUT2D eigenvalue weighted by Gasteiger charge is 2.28. The molecule has 2 aromatic carbocycles. The molecule has 1 aliphatic rings. The number of anilines is 2. The molecular formula is C24H33N3O4S. The van der Waals surface area contributed by atoms with E-state index in [1.54, 1.807) is 24.3 Å². The summed E-state index contributed by atoms with van der Waals surface area (Å²) in [5, 5.41) is 0. The Labute approximate surface area is 191 Å². The smallest absolute Gasteiger partial charge is 0.263 e. The van der Waals surface area contributed by atoms with Gasteiger partial charge in [-0.2, -0.15) is 0 Å². The van der Waals surface area contributed by atoms with Crippen molar-refractivity contribution in [2.24, 2.45) is 0 Å². The molecule has 7 nitrogen and oxygen atoms in total. The molecule has 32 heavy (non-hydrogen) atoms. The molecule has 8 heteroatoms. The number of piperazine rings is 1. The fourth-order valence-electron chi connectivity index (χ4n) is 3.85. The molecule has 0 unspecified atom stereocenters. The average Bonchev–Trinajstić information content (AvgIpc) is 2.78. The topological polar surface area (TPSA) is 70.2 Å². The molecule has 0 saturated carbocycles. The van der Waals surface area contributed by atoms with E-state index in [-0.39, 0.29) is 5.91 Å². The molecule has 0 bridgehead atoms. The van der Waals surface area contributed by atoms with Crippen LogP contribution in [0, 0.1) is 13.8 Å². The SMILES string of the molecule is CC[C@H](Oc1ccc(N(C)S(C)(=O)=O)cc1)C(=O)N1CCN(c2cccc(C)c2C)CC1. The quantitative estimate of drug-likeness (QED) is 0.636. The van der Waals surface area contributed by atoms with Crippen LogP contribution in [-0.4, -0.2) is 64.8 Å². The Hall–Kier alpha value is -2.74. The van der Waals surface area contributed by atoms with Crippen LogP contribution in [-0.2, 0) is 14.8 Å². The highest BCUT2D eigenvalue weighted by atomic mass is 32.2. The normalized spacial score (nSPS) is 15.4. The molecule has 0 aliphatic carbocycles. The second-order valence-corrected chi connectivity index (χ2v) is 10.3. The van der Waals surface area contributed by atoms with Crippen molar-refractivity contribution < 1.29 is 17.9 Å². The molecular weight excluding hydrogens is 426 g/mol. The standard InChI is InChI=1S/C24H33N3O4S/c1-6-23(31-21-12-10-20(11-13-21)25(4)32(5,29)30)24(28)27-16-14-26(15-17-27)22-9-7-8-18(2)19(22)3/h7-13,23H,6,14-17H2,1-5H3/t23-/m0/s1. The number of nitrogens with zero attached hydrogens (tertiary/aromatic N) is 3. The number of carbonyl (C=O) groups excluding carboxylic acids is 1. The molecule has 2 aromatic rings. The molecule has 0 radical (unpaired) electrons. The van der Waals surface area contributed by atoms with Crippen LogP contribution in [0.4, 0.5) is 11.4 Å². The van der Waals surface area contributed by atoms with Gasteiger partial charge in [0.1, 0.15) is 5.75 Å². The summed E-state index contributed by atoms with van der Waals surface area (Å²) in [7, 11) is -1.83. The van der Waals surface area contributed by atoms with E-state index in [2.05, 4.69) is 36.9 Å². The zero-order valence-electron chi connectivity index (χ0n) is 19.5. The first kappa shape index (κ1) is 23.9. The first-order chi connectivity index (χ1) is 15.1. The summed E-state index contributed by atoms with van der Waals surface area (Å²) < 4.78 is 30.6. The zero-order valence-corrected chi connectivity index (χ0v) is 20.4. The number of hydrogen-bond acceptors (Lipinski definition) is 5. The van der Waals surface area contributed by atoms with Crippen molar-refractivity contribution in [3.05, 3.63) is 53.6 Å². The van der Waals surface area contributed by atoms with Gasteiger partial charge in [-0.1, -0.05) is 19.1 Å².